The first-order valence-corrected chi connectivity index (χ1v) is 10.3. The fraction of sp³-hybridized carbons (Fsp3) is 0.348. The number of rotatable bonds is 9. The largest absolute Gasteiger partial charge is 0.493 e. The molecule has 32 heavy (non-hydrogen) atoms. The standard InChI is InChI=1S/C23H27N3O6/c1-16(27)17-3-8-20(21(13-17)30-2)32-15-23(29)25-19-6-4-18(5-7-19)24-22(28)14-26-9-11-31-12-10-26/h3-8,13H,9-12,14-15H2,1-2H3,(H,24,28)(H,25,29). The molecule has 1 aliphatic rings. The van der Waals surface area contributed by atoms with E-state index in [1.165, 1.54) is 14.0 Å². The van der Waals surface area contributed by atoms with Gasteiger partial charge in [0.1, 0.15) is 0 Å². The van der Waals surface area contributed by atoms with E-state index in [4.69, 9.17) is 14.2 Å². The molecule has 2 aromatic rings. The van der Waals surface area contributed by atoms with Gasteiger partial charge < -0.3 is 24.8 Å². The second-order valence-electron chi connectivity index (χ2n) is 7.27. The summed E-state index contributed by atoms with van der Waals surface area (Å²) in [5.74, 6) is 0.204. The van der Waals surface area contributed by atoms with Crippen molar-refractivity contribution in [2.75, 3.05) is 57.2 Å². The zero-order chi connectivity index (χ0) is 22.9. The molecule has 2 N–H and O–H groups in total. The molecule has 1 aliphatic heterocycles. The van der Waals surface area contributed by atoms with Gasteiger partial charge in [0.05, 0.1) is 26.9 Å². The molecule has 0 atom stereocenters. The summed E-state index contributed by atoms with van der Waals surface area (Å²) in [6, 6.07) is 11.6. The Hall–Kier alpha value is -3.43. The maximum Gasteiger partial charge on any atom is 0.262 e. The minimum Gasteiger partial charge on any atom is -0.493 e. The van der Waals surface area contributed by atoms with Gasteiger partial charge in [0.25, 0.3) is 5.91 Å². The summed E-state index contributed by atoms with van der Waals surface area (Å²) >= 11 is 0. The molecule has 1 saturated heterocycles. The normalized spacial score (nSPS) is 13.8. The number of carbonyl (C=O) groups is 3. The van der Waals surface area contributed by atoms with E-state index in [1.54, 1.807) is 42.5 Å². The fourth-order valence-electron chi connectivity index (χ4n) is 3.15. The molecular formula is C23H27N3O6. The van der Waals surface area contributed by atoms with Crippen LogP contribution in [0.3, 0.4) is 0 Å². The number of nitrogens with zero attached hydrogens (tertiary/aromatic N) is 1. The van der Waals surface area contributed by atoms with Crippen molar-refractivity contribution < 1.29 is 28.6 Å². The molecule has 0 spiro atoms. The number of Topliss-reactive ketones (excluding diaryl/α,β-unsaturated/α-hetero) is 1. The highest BCUT2D eigenvalue weighted by molar-refractivity contribution is 5.95. The Morgan fingerprint density at radius 3 is 2.16 bits per heavy atom. The zero-order valence-corrected chi connectivity index (χ0v) is 18.2. The summed E-state index contributed by atoms with van der Waals surface area (Å²) < 4.78 is 16.0. The van der Waals surface area contributed by atoms with Gasteiger partial charge in [0.15, 0.2) is 23.9 Å². The van der Waals surface area contributed by atoms with E-state index in [9.17, 15) is 14.4 Å². The molecule has 0 aliphatic carbocycles. The summed E-state index contributed by atoms with van der Waals surface area (Å²) in [6.45, 7) is 4.32. The number of benzene rings is 2. The summed E-state index contributed by atoms with van der Waals surface area (Å²) in [6.07, 6.45) is 0. The van der Waals surface area contributed by atoms with Crippen LogP contribution in [0.1, 0.15) is 17.3 Å². The molecule has 9 heteroatoms. The van der Waals surface area contributed by atoms with Crippen LogP contribution in [0.5, 0.6) is 11.5 Å². The van der Waals surface area contributed by atoms with Gasteiger partial charge in [-0.1, -0.05) is 0 Å². The maximum absolute atomic E-state index is 12.2. The molecule has 9 nitrogen and oxygen atoms in total. The van der Waals surface area contributed by atoms with Crippen LogP contribution in [0.15, 0.2) is 42.5 Å². The monoisotopic (exact) mass is 441 g/mol. The van der Waals surface area contributed by atoms with Crippen molar-refractivity contribution in [3.63, 3.8) is 0 Å². The second-order valence-corrected chi connectivity index (χ2v) is 7.27. The predicted molar refractivity (Wildman–Crippen MR) is 119 cm³/mol. The smallest absolute Gasteiger partial charge is 0.262 e. The number of ketones is 1. The Labute approximate surface area is 186 Å². The van der Waals surface area contributed by atoms with Gasteiger partial charge in [-0.25, -0.2) is 0 Å². The number of ether oxygens (including phenoxy) is 3. The number of nitrogens with one attached hydrogen (secondary N) is 2. The molecule has 2 amide bonds. The summed E-state index contributed by atoms with van der Waals surface area (Å²) in [5, 5.41) is 5.58. The zero-order valence-electron chi connectivity index (χ0n) is 18.2. The first-order chi connectivity index (χ1) is 15.4. The lowest BCUT2D eigenvalue weighted by molar-refractivity contribution is -0.119. The first-order valence-electron chi connectivity index (χ1n) is 10.3. The van der Waals surface area contributed by atoms with E-state index in [-0.39, 0.29) is 24.2 Å². The summed E-state index contributed by atoms with van der Waals surface area (Å²) in [4.78, 5) is 37.9. The van der Waals surface area contributed by atoms with Crippen molar-refractivity contribution >= 4 is 29.0 Å². The van der Waals surface area contributed by atoms with E-state index < -0.39 is 0 Å². The first kappa shape index (κ1) is 23.2. The van der Waals surface area contributed by atoms with E-state index in [1.807, 2.05) is 4.90 Å². The third-order valence-corrected chi connectivity index (χ3v) is 4.85. The van der Waals surface area contributed by atoms with Crippen molar-refractivity contribution in [3.05, 3.63) is 48.0 Å². The lowest BCUT2D eigenvalue weighted by Crippen LogP contribution is -2.41. The molecule has 2 aromatic carbocycles. The average molecular weight is 441 g/mol. The van der Waals surface area contributed by atoms with Gasteiger partial charge in [-0.15, -0.1) is 0 Å². The fourth-order valence-corrected chi connectivity index (χ4v) is 3.15. The van der Waals surface area contributed by atoms with Crippen LogP contribution >= 0.6 is 0 Å². The van der Waals surface area contributed by atoms with Crippen LogP contribution in [-0.4, -0.2) is 69.1 Å². The van der Waals surface area contributed by atoms with Crippen molar-refractivity contribution in [1.82, 2.24) is 4.90 Å². The minimum atomic E-state index is -0.355. The topological polar surface area (TPSA) is 106 Å². The average Bonchev–Trinajstić information content (AvgIpc) is 2.79. The molecule has 1 fully saturated rings. The van der Waals surface area contributed by atoms with Crippen molar-refractivity contribution in [1.29, 1.82) is 0 Å². The second kappa shape index (κ2) is 11.3. The van der Waals surface area contributed by atoms with Crippen LogP contribution in [-0.2, 0) is 14.3 Å². The number of carbonyl (C=O) groups excluding carboxylic acids is 3. The lowest BCUT2D eigenvalue weighted by Gasteiger charge is -2.25. The van der Waals surface area contributed by atoms with Crippen LogP contribution in [0.25, 0.3) is 0 Å². The van der Waals surface area contributed by atoms with Crippen LogP contribution in [0.4, 0.5) is 11.4 Å². The van der Waals surface area contributed by atoms with Crippen molar-refractivity contribution in [2.24, 2.45) is 0 Å². The highest BCUT2D eigenvalue weighted by Gasteiger charge is 2.14. The lowest BCUT2D eigenvalue weighted by atomic mass is 10.1. The quantitative estimate of drug-likeness (QED) is 0.575. The van der Waals surface area contributed by atoms with Gasteiger partial charge in [0.2, 0.25) is 5.91 Å². The number of methoxy groups -OCH3 is 1. The SMILES string of the molecule is COc1cc(C(C)=O)ccc1OCC(=O)Nc1ccc(NC(=O)CN2CCOCC2)cc1. The minimum absolute atomic E-state index is 0.0895. The van der Waals surface area contributed by atoms with Crippen LogP contribution in [0, 0.1) is 0 Å². The third-order valence-electron chi connectivity index (χ3n) is 4.85. The summed E-state index contributed by atoms with van der Waals surface area (Å²) in [7, 11) is 1.47. The number of amides is 2. The van der Waals surface area contributed by atoms with Crippen LogP contribution < -0.4 is 20.1 Å². The molecule has 0 aromatic heterocycles. The van der Waals surface area contributed by atoms with E-state index in [0.717, 1.165) is 13.1 Å². The number of hydrogen-bond acceptors (Lipinski definition) is 7. The molecular weight excluding hydrogens is 414 g/mol. The third kappa shape index (κ3) is 6.79. The van der Waals surface area contributed by atoms with Crippen molar-refractivity contribution in [3.8, 4) is 11.5 Å². The predicted octanol–water partition coefficient (Wildman–Crippen LogP) is 2.19. The molecule has 170 valence electrons. The van der Waals surface area contributed by atoms with Gasteiger partial charge in [-0.05, 0) is 49.4 Å². The Bertz CT molecular complexity index is 955. The van der Waals surface area contributed by atoms with Crippen molar-refractivity contribution in [2.45, 2.75) is 6.92 Å². The Morgan fingerprint density at radius 1 is 0.938 bits per heavy atom. The number of morpholine rings is 1. The Kier molecular flexibility index (Phi) is 8.18. The molecule has 0 unspecified atom stereocenters. The number of anilines is 2. The highest BCUT2D eigenvalue weighted by Crippen LogP contribution is 2.28. The van der Waals surface area contributed by atoms with E-state index in [0.29, 0.717) is 48.2 Å². The van der Waals surface area contributed by atoms with E-state index in [2.05, 4.69) is 10.6 Å². The van der Waals surface area contributed by atoms with Gasteiger partial charge in [-0.2, -0.15) is 0 Å². The maximum atomic E-state index is 12.2. The summed E-state index contributed by atoms with van der Waals surface area (Å²) in [5.41, 5.74) is 1.72. The Balaban J connectivity index is 1.47. The highest BCUT2D eigenvalue weighted by atomic mass is 16.5. The van der Waals surface area contributed by atoms with Gasteiger partial charge >= 0.3 is 0 Å². The van der Waals surface area contributed by atoms with Gasteiger partial charge in [0, 0.05) is 30.0 Å². The molecule has 1 heterocycles. The molecule has 3 rings (SSSR count). The Morgan fingerprint density at radius 2 is 1.56 bits per heavy atom. The van der Waals surface area contributed by atoms with E-state index >= 15 is 0 Å². The van der Waals surface area contributed by atoms with Crippen LogP contribution in [0.2, 0.25) is 0 Å². The molecule has 0 saturated carbocycles. The molecule has 0 radical (unpaired) electrons. The van der Waals surface area contributed by atoms with Gasteiger partial charge in [-0.3, -0.25) is 19.3 Å². The molecule has 0 bridgehead atoms. The number of hydrogen-bond donors (Lipinski definition) is 2.